The van der Waals surface area contributed by atoms with Gasteiger partial charge in [0, 0.05) is 28.8 Å². The summed E-state index contributed by atoms with van der Waals surface area (Å²) in [5.41, 5.74) is 5.73. The van der Waals surface area contributed by atoms with Crippen molar-refractivity contribution in [3.05, 3.63) is 75.4 Å². The molecule has 0 saturated carbocycles. The van der Waals surface area contributed by atoms with Crippen molar-refractivity contribution in [2.45, 2.75) is 98.3 Å². The number of carbonyl (C=O) groups is 2. The zero-order valence-electron chi connectivity index (χ0n) is 24.1. The highest BCUT2D eigenvalue weighted by Crippen LogP contribution is 2.47. The van der Waals surface area contributed by atoms with Crippen LogP contribution in [0.4, 0.5) is 5.69 Å². The summed E-state index contributed by atoms with van der Waals surface area (Å²) in [5.74, 6) is 0.259. The van der Waals surface area contributed by atoms with Crippen LogP contribution < -0.4 is 9.64 Å². The van der Waals surface area contributed by atoms with Crippen LogP contribution in [0.2, 0.25) is 0 Å². The van der Waals surface area contributed by atoms with E-state index in [2.05, 4.69) is 32.9 Å². The third-order valence-corrected chi connectivity index (χ3v) is 8.08. The first kappa shape index (κ1) is 28.6. The predicted molar refractivity (Wildman–Crippen MR) is 155 cm³/mol. The first-order valence-corrected chi connectivity index (χ1v) is 13.9. The van der Waals surface area contributed by atoms with Crippen LogP contribution in [0.5, 0.6) is 11.5 Å². The third-order valence-electron chi connectivity index (χ3n) is 8.08. The number of aryl methyl sites for hydroxylation is 1. The van der Waals surface area contributed by atoms with Gasteiger partial charge in [0.15, 0.2) is 5.78 Å². The van der Waals surface area contributed by atoms with E-state index in [0.717, 1.165) is 30.4 Å². The summed E-state index contributed by atoms with van der Waals surface area (Å²) in [6.45, 7) is 12.1. The molecule has 0 bridgehead atoms. The summed E-state index contributed by atoms with van der Waals surface area (Å²) >= 11 is 0. The average Bonchev–Trinajstić information content (AvgIpc) is 3.20. The highest BCUT2D eigenvalue weighted by molar-refractivity contribution is 6.11. The van der Waals surface area contributed by atoms with Gasteiger partial charge in [0.2, 0.25) is 0 Å². The lowest BCUT2D eigenvalue weighted by molar-refractivity contribution is -0.0597. The zero-order chi connectivity index (χ0) is 28.5. The Hall–Kier alpha value is -3.38. The van der Waals surface area contributed by atoms with Gasteiger partial charge in [0.1, 0.15) is 17.1 Å². The van der Waals surface area contributed by atoms with Crippen molar-refractivity contribution in [2.24, 2.45) is 0 Å². The predicted octanol–water partition coefficient (Wildman–Crippen LogP) is 6.85. The molecule has 0 fully saturated rings. The Labute approximate surface area is 232 Å². The molecule has 2 unspecified atom stereocenters. The number of phenolic OH excluding ortho intramolecular Hbond substituents is 1. The van der Waals surface area contributed by atoms with E-state index in [0.29, 0.717) is 47.5 Å². The average molecular weight is 532 g/mol. The SMILES string of the molecule is CCc1cc(N2Cc3c(cc(O)c4c3OC(C)(CC/C=C(\C)CCC=C(C)C)C(O)C4)C2=O)ccc1C(C)=O. The summed E-state index contributed by atoms with van der Waals surface area (Å²) < 4.78 is 6.51. The Morgan fingerprint density at radius 2 is 1.87 bits per heavy atom. The molecule has 2 heterocycles. The molecule has 1 amide bonds. The monoisotopic (exact) mass is 531 g/mol. The Morgan fingerprint density at radius 3 is 2.54 bits per heavy atom. The Balaban J connectivity index is 1.58. The molecule has 0 spiro atoms. The summed E-state index contributed by atoms with van der Waals surface area (Å²) in [4.78, 5) is 27.2. The lowest BCUT2D eigenvalue weighted by Crippen LogP contribution is -2.49. The maximum absolute atomic E-state index is 13.5. The number of nitrogens with zero attached hydrogens (tertiary/aromatic N) is 1. The number of phenols is 1. The number of ether oxygens (including phenoxy) is 1. The van der Waals surface area contributed by atoms with Crippen LogP contribution >= 0.6 is 0 Å². The number of Topliss-reactive ketones (excluding diaryl/α,β-unsaturated/α-hetero) is 1. The van der Waals surface area contributed by atoms with Gasteiger partial charge < -0.3 is 19.8 Å². The van der Waals surface area contributed by atoms with Gasteiger partial charge in [-0.05, 0) is 96.6 Å². The van der Waals surface area contributed by atoms with E-state index in [1.807, 2.05) is 19.9 Å². The summed E-state index contributed by atoms with van der Waals surface area (Å²) in [5, 5.41) is 21.9. The topological polar surface area (TPSA) is 87.1 Å². The minimum absolute atomic E-state index is 0.00222. The van der Waals surface area contributed by atoms with Gasteiger partial charge in [-0.3, -0.25) is 9.59 Å². The van der Waals surface area contributed by atoms with E-state index in [9.17, 15) is 19.8 Å². The summed E-state index contributed by atoms with van der Waals surface area (Å²) in [6.07, 6.45) is 7.99. The molecule has 2 atom stereocenters. The van der Waals surface area contributed by atoms with Crippen molar-refractivity contribution in [2.75, 3.05) is 4.90 Å². The van der Waals surface area contributed by atoms with Crippen molar-refractivity contribution >= 4 is 17.4 Å². The Morgan fingerprint density at radius 1 is 1.13 bits per heavy atom. The van der Waals surface area contributed by atoms with Gasteiger partial charge >= 0.3 is 0 Å². The van der Waals surface area contributed by atoms with Gasteiger partial charge in [0.25, 0.3) is 5.91 Å². The van der Waals surface area contributed by atoms with Crippen LogP contribution in [0.3, 0.4) is 0 Å². The first-order valence-electron chi connectivity index (χ1n) is 13.9. The highest BCUT2D eigenvalue weighted by Gasteiger charge is 2.44. The fraction of sp³-hybridized carbons (Fsp3) is 0.455. The molecule has 39 heavy (non-hydrogen) atoms. The van der Waals surface area contributed by atoms with Gasteiger partial charge in [-0.25, -0.2) is 0 Å². The standard InChI is InChI=1S/C33H41NO5/c1-7-23-16-24(13-14-25(23)22(5)35)34-19-28-26(32(34)38)17-29(36)27-18-30(37)33(6,39-31(27)28)15-9-12-21(4)11-8-10-20(2)3/h10,12-14,16-17,30,36-37H,7-9,11,15,18-19H2,1-6H3/b21-12+. The molecule has 2 aliphatic rings. The normalized spacial score (nSPS) is 20.4. The van der Waals surface area contributed by atoms with Crippen molar-refractivity contribution in [1.82, 2.24) is 0 Å². The molecule has 6 nitrogen and oxygen atoms in total. The molecule has 0 aliphatic carbocycles. The van der Waals surface area contributed by atoms with Crippen LogP contribution in [-0.2, 0) is 19.4 Å². The van der Waals surface area contributed by atoms with Gasteiger partial charge in [-0.2, -0.15) is 0 Å². The van der Waals surface area contributed by atoms with Crippen LogP contribution in [0.15, 0.2) is 47.6 Å². The summed E-state index contributed by atoms with van der Waals surface area (Å²) in [6, 6.07) is 6.97. The van der Waals surface area contributed by atoms with Crippen molar-refractivity contribution in [3.8, 4) is 11.5 Å². The number of rotatable bonds is 9. The lowest BCUT2D eigenvalue weighted by Gasteiger charge is -2.40. The van der Waals surface area contributed by atoms with E-state index in [-0.39, 0.29) is 23.9 Å². The molecule has 4 rings (SSSR count). The molecule has 2 aliphatic heterocycles. The quantitative estimate of drug-likeness (QED) is 0.273. The number of benzene rings is 2. The minimum atomic E-state index is -0.847. The zero-order valence-corrected chi connectivity index (χ0v) is 24.1. The number of allylic oxidation sites excluding steroid dienone is 4. The number of aliphatic hydroxyl groups excluding tert-OH is 1. The number of ketones is 1. The van der Waals surface area contributed by atoms with Gasteiger partial charge in [0.05, 0.1) is 18.2 Å². The number of hydrogen-bond acceptors (Lipinski definition) is 5. The van der Waals surface area contributed by atoms with Gasteiger partial charge in [-0.1, -0.05) is 30.2 Å². The first-order chi connectivity index (χ1) is 18.4. The molecule has 2 N–H and O–H groups in total. The highest BCUT2D eigenvalue weighted by atomic mass is 16.5. The number of aromatic hydroxyl groups is 1. The van der Waals surface area contributed by atoms with Crippen LogP contribution in [-0.4, -0.2) is 33.6 Å². The van der Waals surface area contributed by atoms with Gasteiger partial charge in [-0.15, -0.1) is 0 Å². The maximum atomic E-state index is 13.5. The lowest BCUT2D eigenvalue weighted by atomic mass is 9.84. The molecule has 2 aromatic rings. The van der Waals surface area contributed by atoms with E-state index >= 15 is 0 Å². The van der Waals surface area contributed by atoms with E-state index in [1.165, 1.54) is 17.2 Å². The maximum Gasteiger partial charge on any atom is 0.259 e. The van der Waals surface area contributed by atoms with E-state index < -0.39 is 11.7 Å². The fourth-order valence-electron chi connectivity index (χ4n) is 5.59. The molecule has 208 valence electrons. The number of aliphatic hydroxyl groups is 1. The van der Waals surface area contributed by atoms with E-state index in [4.69, 9.17) is 4.74 Å². The fourth-order valence-corrected chi connectivity index (χ4v) is 5.59. The smallest absolute Gasteiger partial charge is 0.259 e. The molecular weight excluding hydrogens is 490 g/mol. The number of hydrogen-bond donors (Lipinski definition) is 2. The van der Waals surface area contributed by atoms with Crippen molar-refractivity contribution < 1.29 is 24.5 Å². The number of carbonyl (C=O) groups excluding carboxylic acids is 2. The summed E-state index contributed by atoms with van der Waals surface area (Å²) in [7, 11) is 0. The molecule has 0 radical (unpaired) electrons. The molecule has 6 heteroatoms. The minimum Gasteiger partial charge on any atom is -0.508 e. The third kappa shape index (κ3) is 5.81. The number of anilines is 1. The molecule has 0 saturated heterocycles. The van der Waals surface area contributed by atoms with Crippen LogP contribution in [0.25, 0.3) is 0 Å². The second-order valence-corrected chi connectivity index (χ2v) is 11.4. The molecule has 2 aromatic carbocycles. The largest absolute Gasteiger partial charge is 0.508 e. The second-order valence-electron chi connectivity index (χ2n) is 11.4. The van der Waals surface area contributed by atoms with E-state index in [1.54, 1.807) is 24.0 Å². The number of amides is 1. The van der Waals surface area contributed by atoms with Crippen molar-refractivity contribution in [3.63, 3.8) is 0 Å². The Bertz CT molecular complexity index is 1350. The van der Waals surface area contributed by atoms with Crippen molar-refractivity contribution in [1.29, 1.82) is 0 Å². The van der Waals surface area contributed by atoms with Crippen LogP contribution in [0.1, 0.15) is 105 Å². The Kier molecular flexibility index (Phi) is 8.36. The number of fused-ring (bicyclic) bond motifs is 3. The second kappa shape index (κ2) is 11.4. The van der Waals surface area contributed by atoms with Crippen LogP contribution in [0, 0.1) is 0 Å². The molecule has 0 aromatic heterocycles. The molecular formula is C33H41NO5.